The van der Waals surface area contributed by atoms with Crippen molar-refractivity contribution in [1.29, 1.82) is 5.26 Å². The van der Waals surface area contributed by atoms with Gasteiger partial charge in [0.05, 0.1) is 22.3 Å². The van der Waals surface area contributed by atoms with Gasteiger partial charge in [0.1, 0.15) is 24.1 Å². The Kier molecular flexibility index (Phi) is 6.12. The molecular weight excluding hydrogens is 370 g/mol. The van der Waals surface area contributed by atoms with Crippen LogP contribution in [0.15, 0.2) is 48.5 Å². The van der Waals surface area contributed by atoms with Gasteiger partial charge >= 0.3 is 0 Å². The lowest BCUT2D eigenvalue weighted by Crippen LogP contribution is -2.50. The summed E-state index contributed by atoms with van der Waals surface area (Å²) in [7, 11) is 0. The molecule has 0 aromatic heterocycles. The zero-order valence-corrected chi connectivity index (χ0v) is 15.5. The minimum Gasteiger partial charge on any atom is -0.486 e. The Morgan fingerprint density at radius 3 is 2.23 bits per heavy atom. The second-order valence-electron chi connectivity index (χ2n) is 6.07. The molecule has 1 saturated heterocycles. The molecule has 0 spiro atoms. The number of rotatable bonds is 4. The van der Waals surface area contributed by atoms with Crippen molar-refractivity contribution in [3.05, 3.63) is 65.2 Å². The van der Waals surface area contributed by atoms with Crippen molar-refractivity contribution >= 4 is 24.4 Å². The molecule has 1 aliphatic heterocycles. The number of hydrogen-bond donors (Lipinski definition) is 4. The largest absolute Gasteiger partial charge is 0.486 e. The van der Waals surface area contributed by atoms with Gasteiger partial charge < -0.3 is 20.1 Å². The molecule has 1 fully saturated rings. The highest BCUT2D eigenvalue weighted by Crippen LogP contribution is 2.32. The Morgan fingerprint density at radius 1 is 1.08 bits per heavy atom. The smallest absolute Gasteiger partial charge is 0.148 e. The number of thioether (sulfide) groups is 1. The van der Waals surface area contributed by atoms with Gasteiger partial charge in [0.25, 0.3) is 0 Å². The molecule has 1 heterocycles. The van der Waals surface area contributed by atoms with E-state index in [1.807, 2.05) is 6.07 Å². The van der Waals surface area contributed by atoms with E-state index in [1.165, 1.54) is 11.8 Å². The highest BCUT2D eigenvalue weighted by molar-refractivity contribution is 8.10. The predicted octanol–water partition coefficient (Wildman–Crippen LogP) is 2.11. The molecule has 2 aromatic carbocycles. The zero-order chi connectivity index (χ0) is 18.7. The maximum atomic E-state index is 10.5. The monoisotopic (exact) mass is 389 g/mol. The van der Waals surface area contributed by atoms with Crippen LogP contribution in [0, 0.1) is 11.3 Å². The Bertz CT molecular complexity index is 776. The lowest BCUT2D eigenvalue weighted by molar-refractivity contribution is -0.0372. The minimum atomic E-state index is -0.998. The molecule has 7 heteroatoms. The Labute approximate surface area is 161 Å². The summed E-state index contributed by atoms with van der Waals surface area (Å²) in [6, 6.07) is 15.7. The fourth-order valence-electron chi connectivity index (χ4n) is 2.72. The van der Waals surface area contributed by atoms with Crippen LogP contribution in [0.5, 0.6) is 5.75 Å². The third kappa shape index (κ3) is 4.17. The van der Waals surface area contributed by atoms with Crippen molar-refractivity contribution in [2.24, 2.45) is 0 Å². The molecule has 0 amide bonds. The molecule has 2 aromatic rings. The van der Waals surface area contributed by atoms with E-state index in [0.717, 1.165) is 0 Å². The molecule has 0 saturated carbocycles. The van der Waals surface area contributed by atoms with E-state index < -0.39 is 24.4 Å². The average molecular weight is 389 g/mol. The number of hydrogen-bond acceptors (Lipinski definition) is 7. The van der Waals surface area contributed by atoms with Gasteiger partial charge in [0.15, 0.2) is 0 Å². The van der Waals surface area contributed by atoms with Crippen LogP contribution < -0.4 is 4.74 Å². The molecule has 3 N–H and O–H groups in total. The quantitative estimate of drug-likeness (QED) is 0.599. The lowest BCUT2D eigenvalue weighted by atomic mass is 10.0. The average Bonchev–Trinajstić information content (AvgIpc) is 2.68. The van der Waals surface area contributed by atoms with E-state index in [1.54, 1.807) is 48.5 Å². The summed E-state index contributed by atoms with van der Waals surface area (Å²) in [5.41, 5.74) is 1.91. The van der Waals surface area contributed by atoms with E-state index >= 15 is 0 Å². The van der Waals surface area contributed by atoms with Crippen molar-refractivity contribution in [2.75, 3.05) is 5.75 Å². The fourth-order valence-corrected chi connectivity index (χ4v) is 4.22. The standard InChI is InChI=1S/C19H19NO4S2/c20-9-11-1-3-12(4-2-11)16(22)13-5-7-14(8-6-13)24-18-17(23)15(21)10-26-19(18)25/h1-8,15-19,21-23,25H,10H2/t15-,16?,17+,18-,19-/m1/s1. The maximum absolute atomic E-state index is 10.5. The summed E-state index contributed by atoms with van der Waals surface area (Å²) in [6.45, 7) is 0. The second kappa shape index (κ2) is 8.33. The van der Waals surface area contributed by atoms with Gasteiger partial charge in [-0.05, 0) is 35.4 Å². The van der Waals surface area contributed by atoms with Gasteiger partial charge in [-0.1, -0.05) is 24.3 Å². The SMILES string of the molecule is N#Cc1ccc(C(O)c2ccc(O[C@@H]3[C@@H](O)[C@H](O)CS[C@H]3S)cc2)cc1. The van der Waals surface area contributed by atoms with Crippen LogP contribution in [-0.2, 0) is 0 Å². The van der Waals surface area contributed by atoms with Gasteiger partial charge in [-0.2, -0.15) is 17.9 Å². The van der Waals surface area contributed by atoms with Crippen LogP contribution >= 0.6 is 24.4 Å². The molecule has 1 unspecified atom stereocenters. The molecule has 5 nitrogen and oxygen atoms in total. The zero-order valence-electron chi connectivity index (χ0n) is 13.8. The van der Waals surface area contributed by atoms with Gasteiger partial charge in [-0.15, -0.1) is 11.8 Å². The van der Waals surface area contributed by atoms with Crippen LogP contribution in [-0.4, -0.2) is 44.0 Å². The Morgan fingerprint density at radius 2 is 1.65 bits per heavy atom. The molecule has 26 heavy (non-hydrogen) atoms. The molecular formula is C19H19NO4S2. The third-order valence-electron chi connectivity index (χ3n) is 4.27. The van der Waals surface area contributed by atoms with E-state index in [0.29, 0.717) is 28.2 Å². The molecule has 136 valence electrons. The number of nitrogens with zero attached hydrogens (tertiary/aromatic N) is 1. The molecule has 1 aliphatic rings. The number of ether oxygens (including phenoxy) is 1. The summed E-state index contributed by atoms with van der Waals surface area (Å²) in [6.07, 6.45) is -3.28. The Hall–Kier alpha value is -1.69. The number of thiol groups is 1. The minimum absolute atomic E-state index is 0.239. The first-order chi connectivity index (χ1) is 12.5. The lowest BCUT2D eigenvalue weighted by Gasteiger charge is -2.35. The molecule has 0 aliphatic carbocycles. The second-order valence-corrected chi connectivity index (χ2v) is 8.15. The third-order valence-corrected chi connectivity index (χ3v) is 6.16. The highest BCUT2D eigenvalue weighted by atomic mass is 32.2. The fraction of sp³-hybridized carbons (Fsp3) is 0.316. The normalized spacial score (nSPS) is 26.7. The maximum Gasteiger partial charge on any atom is 0.148 e. The van der Waals surface area contributed by atoms with Crippen LogP contribution in [0.25, 0.3) is 0 Å². The summed E-state index contributed by atoms with van der Waals surface area (Å²) >= 11 is 5.84. The van der Waals surface area contributed by atoms with Gasteiger partial charge in [0, 0.05) is 5.75 Å². The molecule has 0 radical (unpaired) electrons. The van der Waals surface area contributed by atoms with Crippen LogP contribution in [0.2, 0.25) is 0 Å². The highest BCUT2D eigenvalue weighted by Gasteiger charge is 2.38. The number of aliphatic hydroxyl groups excluding tert-OH is 3. The number of nitriles is 1. The van der Waals surface area contributed by atoms with Crippen LogP contribution in [0.3, 0.4) is 0 Å². The number of aliphatic hydroxyl groups is 3. The van der Waals surface area contributed by atoms with E-state index in [2.05, 4.69) is 12.6 Å². The van der Waals surface area contributed by atoms with E-state index in [-0.39, 0.29) is 4.58 Å². The molecule has 0 bridgehead atoms. The van der Waals surface area contributed by atoms with E-state index in [9.17, 15) is 15.3 Å². The molecule has 3 rings (SSSR count). The van der Waals surface area contributed by atoms with Gasteiger partial charge in [0.2, 0.25) is 0 Å². The van der Waals surface area contributed by atoms with Crippen molar-refractivity contribution in [2.45, 2.75) is 29.0 Å². The first-order valence-corrected chi connectivity index (χ1v) is 9.66. The summed E-state index contributed by atoms with van der Waals surface area (Å²) in [4.78, 5) is 0. The van der Waals surface area contributed by atoms with Gasteiger partial charge in [-0.3, -0.25) is 0 Å². The van der Waals surface area contributed by atoms with Crippen molar-refractivity contribution in [3.63, 3.8) is 0 Å². The Balaban J connectivity index is 1.70. The van der Waals surface area contributed by atoms with Crippen LogP contribution in [0.1, 0.15) is 22.8 Å². The summed E-state index contributed by atoms with van der Waals surface area (Å²) < 4.78 is 5.56. The summed E-state index contributed by atoms with van der Waals surface area (Å²) in [5.74, 6) is 0.948. The predicted molar refractivity (Wildman–Crippen MR) is 103 cm³/mol. The topological polar surface area (TPSA) is 93.7 Å². The number of benzene rings is 2. The van der Waals surface area contributed by atoms with Crippen molar-refractivity contribution in [3.8, 4) is 11.8 Å². The van der Waals surface area contributed by atoms with Crippen molar-refractivity contribution < 1.29 is 20.1 Å². The van der Waals surface area contributed by atoms with Gasteiger partial charge in [-0.25, -0.2) is 0 Å². The first-order valence-electron chi connectivity index (χ1n) is 8.10. The molecule has 5 atom stereocenters. The van der Waals surface area contributed by atoms with Crippen molar-refractivity contribution in [1.82, 2.24) is 0 Å². The van der Waals surface area contributed by atoms with Crippen LogP contribution in [0.4, 0.5) is 0 Å². The summed E-state index contributed by atoms with van der Waals surface area (Å²) in [5, 5.41) is 39.2. The first kappa shape index (κ1) is 19.1. The van der Waals surface area contributed by atoms with E-state index in [4.69, 9.17) is 10.00 Å².